The minimum Gasteiger partial charge on any atom is -0.440 e. The van der Waals surface area contributed by atoms with Crippen LogP contribution in [0.2, 0.25) is 0 Å². The minimum absolute atomic E-state index is 0.578. The first-order valence-corrected chi connectivity index (χ1v) is 4.92. The number of nitrogens with zero attached hydrogens (tertiary/aromatic N) is 1. The van der Waals surface area contributed by atoms with E-state index in [1.165, 1.54) is 5.56 Å². The maximum absolute atomic E-state index is 5.64. The Labute approximate surface area is 82.9 Å². The van der Waals surface area contributed by atoms with E-state index in [2.05, 4.69) is 18.0 Å². The molecule has 1 heterocycles. The molecule has 2 aromatic rings. The molecule has 3 nitrogen and oxygen atoms in total. The maximum Gasteiger partial charge on any atom is 0.196 e. The monoisotopic (exact) mass is 190 g/mol. The summed E-state index contributed by atoms with van der Waals surface area (Å²) in [6.07, 6.45) is 1.67. The van der Waals surface area contributed by atoms with Crippen LogP contribution in [-0.4, -0.2) is 11.5 Å². The van der Waals surface area contributed by atoms with Gasteiger partial charge in [0.1, 0.15) is 5.52 Å². The molecule has 0 unspecified atom stereocenters. The lowest BCUT2D eigenvalue weighted by Crippen LogP contribution is -2.02. The first-order chi connectivity index (χ1) is 6.85. The standard InChI is InChI=1S/C11H14N2O/c1-2-8-4-3-5-9-11(8)14-10(13-9)6-7-12/h3-5H,2,6-7,12H2,1H3. The minimum atomic E-state index is 0.578. The average Bonchev–Trinajstić information content (AvgIpc) is 2.60. The highest BCUT2D eigenvalue weighted by atomic mass is 16.3. The van der Waals surface area contributed by atoms with E-state index in [9.17, 15) is 0 Å². The van der Waals surface area contributed by atoms with Gasteiger partial charge in [-0.1, -0.05) is 19.1 Å². The molecule has 0 aliphatic carbocycles. The van der Waals surface area contributed by atoms with Gasteiger partial charge >= 0.3 is 0 Å². The Balaban J connectivity index is 2.52. The van der Waals surface area contributed by atoms with Gasteiger partial charge in [0, 0.05) is 13.0 Å². The lowest BCUT2D eigenvalue weighted by molar-refractivity contribution is 0.528. The van der Waals surface area contributed by atoms with Crippen molar-refractivity contribution in [1.82, 2.24) is 4.98 Å². The third kappa shape index (κ3) is 1.51. The summed E-state index contributed by atoms with van der Waals surface area (Å²) in [7, 11) is 0. The number of hydrogen-bond donors (Lipinski definition) is 1. The normalized spacial score (nSPS) is 11.0. The number of fused-ring (bicyclic) bond motifs is 1. The molecule has 0 saturated carbocycles. The van der Waals surface area contributed by atoms with Gasteiger partial charge < -0.3 is 10.2 Å². The third-order valence-corrected chi connectivity index (χ3v) is 2.28. The van der Waals surface area contributed by atoms with E-state index in [-0.39, 0.29) is 0 Å². The van der Waals surface area contributed by atoms with Crippen molar-refractivity contribution < 1.29 is 4.42 Å². The van der Waals surface area contributed by atoms with Crippen LogP contribution in [0, 0.1) is 0 Å². The quantitative estimate of drug-likeness (QED) is 0.804. The Bertz CT molecular complexity index is 434. The van der Waals surface area contributed by atoms with Crippen LogP contribution in [0.15, 0.2) is 22.6 Å². The summed E-state index contributed by atoms with van der Waals surface area (Å²) in [5.74, 6) is 0.739. The second kappa shape index (κ2) is 3.80. The van der Waals surface area contributed by atoms with Crippen LogP contribution in [0.3, 0.4) is 0 Å². The number of nitrogens with two attached hydrogens (primary N) is 1. The largest absolute Gasteiger partial charge is 0.440 e. The van der Waals surface area contributed by atoms with Crippen molar-refractivity contribution in [1.29, 1.82) is 0 Å². The van der Waals surface area contributed by atoms with Crippen molar-refractivity contribution in [2.45, 2.75) is 19.8 Å². The molecule has 0 fully saturated rings. The van der Waals surface area contributed by atoms with Crippen molar-refractivity contribution in [3.8, 4) is 0 Å². The van der Waals surface area contributed by atoms with E-state index >= 15 is 0 Å². The van der Waals surface area contributed by atoms with E-state index in [0.717, 1.165) is 23.4 Å². The van der Waals surface area contributed by atoms with Crippen molar-refractivity contribution in [3.05, 3.63) is 29.7 Å². The fourth-order valence-corrected chi connectivity index (χ4v) is 1.56. The van der Waals surface area contributed by atoms with Gasteiger partial charge in [0.2, 0.25) is 0 Å². The van der Waals surface area contributed by atoms with Crippen molar-refractivity contribution in [2.75, 3.05) is 6.54 Å². The number of rotatable bonds is 3. The number of hydrogen-bond acceptors (Lipinski definition) is 3. The molecule has 0 radical (unpaired) electrons. The molecule has 0 saturated heterocycles. The van der Waals surface area contributed by atoms with E-state index in [1.54, 1.807) is 0 Å². The molecule has 0 aliphatic heterocycles. The molecule has 0 atom stereocenters. The van der Waals surface area contributed by atoms with Crippen LogP contribution in [0.25, 0.3) is 11.1 Å². The highest BCUT2D eigenvalue weighted by Gasteiger charge is 2.07. The van der Waals surface area contributed by atoms with Gasteiger partial charge in [-0.25, -0.2) is 4.98 Å². The average molecular weight is 190 g/mol. The van der Waals surface area contributed by atoms with Gasteiger partial charge in [0.05, 0.1) is 0 Å². The van der Waals surface area contributed by atoms with Crippen LogP contribution >= 0.6 is 0 Å². The molecular weight excluding hydrogens is 176 g/mol. The van der Waals surface area contributed by atoms with Gasteiger partial charge in [-0.05, 0) is 18.1 Å². The molecule has 0 spiro atoms. The van der Waals surface area contributed by atoms with Gasteiger partial charge in [0.15, 0.2) is 11.5 Å². The summed E-state index contributed by atoms with van der Waals surface area (Å²) in [4.78, 5) is 4.36. The Kier molecular flexibility index (Phi) is 2.50. The molecule has 0 aliphatic rings. The Morgan fingerprint density at radius 2 is 2.29 bits per heavy atom. The molecule has 2 N–H and O–H groups in total. The molecule has 14 heavy (non-hydrogen) atoms. The smallest absolute Gasteiger partial charge is 0.196 e. The Morgan fingerprint density at radius 1 is 1.43 bits per heavy atom. The fraction of sp³-hybridized carbons (Fsp3) is 0.364. The molecule has 1 aromatic heterocycles. The lowest BCUT2D eigenvalue weighted by atomic mass is 10.1. The third-order valence-electron chi connectivity index (χ3n) is 2.28. The second-order valence-electron chi connectivity index (χ2n) is 3.27. The number of para-hydroxylation sites is 1. The molecule has 0 amide bonds. The van der Waals surface area contributed by atoms with Gasteiger partial charge in [-0.15, -0.1) is 0 Å². The number of aromatic nitrogens is 1. The molecular formula is C11H14N2O. The van der Waals surface area contributed by atoms with Crippen molar-refractivity contribution in [3.63, 3.8) is 0 Å². The van der Waals surface area contributed by atoms with E-state index < -0.39 is 0 Å². The summed E-state index contributed by atoms with van der Waals surface area (Å²) in [6.45, 7) is 2.69. The highest BCUT2D eigenvalue weighted by Crippen LogP contribution is 2.20. The summed E-state index contributed by atoms with van der Waals surface area (Å²) in [5, 5.41) is 0. The number of aryl methyl sites for hydroxylation is 1. The molecule has 74 valence electrons. The zero-order valence-electron chi connectivity index (χ0n) is 8.29. The van der Waals surface area contributed by atoms with Crippen LogP contribution in [-0.2, 0) is 12.8 Å². The summed E-state index contributed by atoms with van der Waals surface area (Å²) >= 11 is 0. The SMILES string of the molecule is CCc1cccc2nc(CCN)oc12. The van der Waals surface area contributed by atoms with Gasteiger partial charge in [0.25, 0.3) is 0 Å². The van der Waals surface area contributed by atoms with Gasteiger partial charge in [-0.3, -0.25) is 0 Å². The summed E-state index contributed by atoms with van der Waals surface area (Å²) in [5.41, 5.74) is 8.51. The molecule has 3 heteroatoms. The van der Waals surface area contributed by atoms with Crippen LogP contribution in [0.5, 0.6) is 0 Å². The molecule has 1 aromatic carbocycles. The van der Waals surface area contributed by atoms with E-state index in [0.29, 0.717) is 13.0 Å². The maximum atomic E-state index is 5.64. The van der Waals surface area contributed by atoms with Gasteiger partial charge in [-0.2, -0.15) is 0 Å². The van der Waals surface area contributed by atoms with Crippen LogP contribution in [0.1, 0.15) is 18.4 Å². The first-order valence-electron chi connectivity index (χ1n) is 4.92. The molecule has 0 bridgehead atoms. The second-order valence-corrected chi connectivity index (χ2v) is 3.27. The van der Waals surface area contributed by atoms with Crippen molar-refractivity contribution >= 4 is 11.1 Å². The number of benzene rings is 1. The van der Waals surface area contributed by atoms with E-state index in [4.69, 9.17) is 10.2 Å². The predicted octanol–water partition coefficient (Wildman–Crippen LogP) is 1.89. The zero-order chi connectivity index (χ0) is 9.97. The zero-order valence-corrected chi connectivity index (χ0v) is 8.29. The Hall–Kier alpha value is -1.35. The van der Waals surface area contributed by atoms with Crippen LogP contribution in [0.4, 0.5) is 0 Å². The lowest BCUT2D eigenvalue weighted by Gasteiger charge is -1.94. The van der Waals surface area contributed by atoms with E-state index in [1.807, 2.05) is 12.1 Å². The summed E-state index contributed by atoms with van der Waals surface area (Å²) < 4.78 is 5.64. The highest BCUT2D eigenvalue weighted by molar-refractivity contribution is 5.76. The van der Waals surface area contributed by atoms with Crippen molar-refractivity contribution in [2.24, 2.45) is 5.73 Å². The van der Waals surface area contributed by atoms with Crippen LogP contribution < -0.4 is 5.73 Å². The first kappa shape index (κ1) is 9.21. The number of oxazole rings is 1. The molecule has 2 rings (SSSR count). The predicted molar refractivity (Wildman–Crippen MR) is 56.1 cm³/mol. The fourth-order valence-electron chi connectivity index (χ4n) is 1.56. The Morgan fingerprint density at radius 3 is 3.00 bits per heavy atom. The summed E-state index contributed by atoms with van der Waals surface area (Å²) in [6, 6.07) is 6.05. The topological polar surface area (TPSA) is 52.0 Å².